The second kappa shape index (κ2) is 8.69. The molecule has 1 aliphatic heterocycles. The normalized spacial score (nSPS) is 19.7. The number of non-ortho nitro benzene ring substituents is 1. The Balaban J connectivity index is 1.54. The van der Waals surface area contributed by atoms with Crippen molar-refractivity contribution in [2.75, 3.05) is 10.6 Å². The van der Waals surface area contributed by atoms with Crippen molar-refractivity contribution in [1.82, 2.24) is 0 Å². The van der Waals surface area contributed by atoms with Gasteiger partial charge in [-0.25, -0.2) is 0 Å². The Morgan fingerprint density at radius 3 is 2.11 bits per heavy atom. The summed E-state index contributed by atoms with van der Waals surface area (Å²) in [5, 5.41) is 18.2. The molecule has 0 fully saturated rings. The van der Waals surface area contributed by atoms with Crippen molar-refractivity contribution < 1.29 is 9.72 Å². The van der Waals surface area contributed by atoms with Crippen molar-refractivity contribution in [3.8, 4) is 0 Å². The number of rotatable bonds is 3. The number of para-hydroxylation sites is 2. The molecule has 2 atom stereocenters. The second-order valence-electron chi connectivity index (χ2n) is 10.4. The molecule has 0 aromatic heterocycles. The van der Waals surface area contributed by atoms with Gasteiger partial charge in [0.25, 0.3) is 5.69 Å². The Labute approximate surface area is 205 Å². The van der Waals surface area contributed by atoms with Crippen LogP contribution in [0.2, 0.25) is 0 Å². The zero-order chi connectivity index (χ0) is 24.7. The maximum atomic E-state index is 13.7. The van der Waals surface area contributed by atoms with Gasteiger partial charge in [-0.3, -0.25) is 14.9 Å². The van der Waals surface area contributed by atoms with Crippen molar-refractivity contribution in [2.45, 2.75) is 51.0 Å². The highest BCUT2D eigenvalue weighted by Gasteiger charge is 2.36. The van der Waals surface area contributed by atoms with Crippen LogP contribution >= 0.6 is 0 Å². The minimum atomic E-state index is -0.410. The highest BCUT2D eigenvalue weighted by Crippen LogP contribution is 2.44. The predicted molar refractivity (Wildman–Crippen MR) is 139 cm³/mol. The van der Waals surface area contributed by atoms with E-state index in [-0.39, 0.29) is 22.8 Å². The summed E-state index contributed by atoms with van der Waals surface area (Å²) in [6, 6.07) is 22.6. The van der Waals surface area contributed by atoms with Gasteiger partial charge in [0.2, 0.25) is 0 Å². The molecular weight excluding hydrogens is 438 g/mol. The molecule has 2 aliphatic rings. The number of nitro groups is 1. The Kier molecular flexibility index (Phi) is 5.67. The summed E-state index contributed by atoms with van der Waals surface area (Å²) in [6.45, 7) is 6.59. The number of hydrogen-bond donors (Lipinski definition) is 2. The first-order valence-corrected chi connectivity index (χ1v) is 11.9. The molecule has 0 amide bonds. The summed E-state index contributed by atoms with van der Waals surface area (Å²) in [7, 11) is 0. The summed E-state index contributed by atoms with van der Waals surface area (Å²) >= 11 is 0. The van der Waals surface area contributed by atoms with Gasteiger partial charge >= 0.3 is 0 Å². The maximum absolute atomic E-state index is 13.7. The maximum Gasteiger partial charge on any atom is 0.269 e. The van der Waals surface area contributed by atoms with Crippen LogP contribution in [0.4, 0.5) is 17.1 Å². The van der Waals surface area contributed by atoms with Crippen LogP contribution < -0.4 is 10.6 Å². The number of nitrogens with zero attached hydrogens (tertiary/aromatic N) is 1. The second-order valence-corrected chi connectivity index (χ2v) is 10.4. The number of carbonyl (C=O) groups is 1. The lowest BCUT2D eigenvalue weighted by atomic mass is 9.77. The van der Waals surface area contributed by atoms with E-state index in [2.05, 4.69) is 55.7 Å². The predicted octanol–water partition coefficient (Wildman–Crippen LogP) is 6.87. The third-order valence-corrected chi connectivity index (χ3v) is 6.99. The fourth-order valence-electron chi connectivity index (χ4n) is 5.02. The van der Waals surface area contributed by atoms with E-state index in [9.17, 15) is 14.9 Å². The smallest absolute Gasteiger partial charge is 0.269 e. The fourth-order valence-corrected chi connectivity index (χ4v) is 5.02. The van der Waals surface area contributed by atoms with E-state index in [0.29, 0.717) is 12.0 Å². The number of carbonyl (C=O) groups excluding carboxylic acids is 1. The Bertz CT molecular complexity index is 1320. The lowest BCUT2D eigenvalue weighted by Gasteiger charge is -2.30. The Morgan fingerprint density at radius 1 is 0.857 bits per heavy atom. The molecule has 6 heteroatoms. The molecule has 0 saturated carbocycles. The highest BCUT2D eigenvalue weighted by molar-refractivity contribution is 6.01. The summed E-state index contributed by atoms with van der Waals surface area (Å²) in [5.41, 5.74) is 6.79. The quantitative estimate of drug-likeness (QED) is 0.324. The number of nitrogens with one attached hydrogen (secondary N) is 2. The first kappa shape index (κ1) is 22.8. The minimum Gasteiger partial charge on any atom is -0.372 e. The summed E-state index contributed by atoms with van der Waals surface area (Å²) < 4.78 is 0. The molecule has 6 nitrogen and oxygen atoms in total. The van der Waals surface area contributed by atoms with Crippen LogP contribution in [0.15, 0.2) is 84.1 Å². The average molecular weight is 468 g/mol. The molecule has 1 aliphatic carbocycles. The molecule has 2 unspecified atom stereocenters. The van der Waals surface area contributed by atoms with E-state index in [1.807, 2.05) is 24.3 Å². The van der Waals surface area contributed by atoms with Gasteiger partial charge in [-0.1, -0.05) is 57.2 Å². The van der Waals surface area contributed by atoms with Gasteiger partial charge in [0.05, 0.1) is 22.3 Å². The van der Waals surface area contributed by atoms with Crippen LogP contribution in [0.1, 0.15) is 62.3 Å². The molecule has 178 valence electrons. The number of allylic oxidation sites excluding steroid dienone is 1. The molecule has 0 radical (unpaired) electrons. The number of fused-ring (bicyclic) bond motifs is 1. The standard InChI is InChI=1S/C29H29N3O3/c1-29(2,3)21-12-8-18(9-13-21)20-16-25-27(26(33)17-20)28(19-10-14-22(15-11-19)32(34)35)31-24-7-5-4-6-23(24)30-25/h4-15,20,28,30-31H,16-17H2,1-3H3. The molecule has 5 rings (SSSR count). The number of Topliss-reactive ketones (excluding diaryl/α,β-unsaturated/α-hetero) is 1. The van der Waals surface area contributed by atoms with Gasteiger partial charge in [0, 0.05) is 29.8 Å². The van der Waals surface area contributed by atoms with Crippen LogP contribution in [-0.4, -0.2) is 10.7 Å². The van der Waals surface area contributed by atoms with Gasteiger partial charge in [0.1, 0.15) is 0 Å². The lowest BCUT2D eigenvalue weighted by molar-refractivity contribution is -0.384. The van der Waals surface area contributed by atoms with E-state index in [0.717, 1.165) is 34.6 Å². The molecule has 0 saturated heterocycles. The lowest BCUT2D eigenvalue weighted by Crippen LogP contribution is -2.27. The molecule has 35 heavy (non-hydrogen) atoms. The van der Waals surface area contributed by atoms with Crippen LogP contribution in [0, 0.1) is 10.1 Å². The van der Waals surface area contributed by atoms with Crippen LogP contribution in [0.5, 0.6) is 0 Å². The molecule has 3 aromatic carbocycles. The van der Waals surface area contributed by atoms with E-state index in [1.54, 1.807) is 12.1 Å². The van der Waals surface area contributed by atoms with E-state index in [4.69, 9.17) is 0 Å². The number of benzene rings is 3. The largest absolute Gasteiger partial charge is 0.372 e. The molecular formula is C29H29N3O3. The fraction of sp³-hybridized carbons (Fsp3) is 0.276. The molecule has 0 bridgehead atoms. The summed E-state index contributed by atoms with van der Waals surface area (Å²) in [4.78, 5) is 24.4. The van der Waals surface area contributed by atoms with Crippen LogP contribution in [-0.2, 0) is 10.2 Å². The van der Waals surface area contributed by atoms with Gasteiger partial charge in [-0.15, -0.1) is 0 Å². The molecule has 2 N–H and O–H groups in total. The summed E-state index contributed by atoms with van der Waals surface area (Å²) in [5.74, 6) is 0.179. The number of ketones is 1. The molecule has 0 spiro atoms. The van der Waals surface area contributed by atoms with Gasteiger partial charge < -0.3 is 10.6 Å². The van der Waals surface area contributed by atoms with E-state index >= 15 is 0 Å². The van der Waals surface area contributed by atoms with Crippen molar-refractivity contribution in [2.24, 2.45) is 0 Å². The van der Waals surface area contributed by atoms with Crippen molar-refractivity contribution >= 4 is 22.8 Å². The number of nitro benzene ring substituents is 1. The van der Waals surface area contributed by atoms with Gasteiger partial charge in [-0.05, 0) is 58.7 Å². The SMILES string of the molecule is CC(C)(C)c1ccc(C2CC(=O)C3=C(C2)Nc2ccccc2NC3c2ccc([N+](=O)[O-])cc2)cc1. The number of hydrogen-bond acceptors (Lipinski definition) is 5. The van der Waals surface area contributed by atoms with Crippen molar-refractivity contribution in [3.63, 3.8) is 0 Å². The highest BCUT2D eigenvalue weighted by atomic mass is 16.6. The van der Waals surface area contributed by atoms with E-state index in [1.165, 1.54) is 17.7 Å². The van der Waals surface area contributed by atoms with Gasteiger partial charge in [0.15, 0.2) is 5.78 Å². The van der Waals surface area contributed by atoms with Crippen LogP contribution in [0.25, 0.3) is 0 Å². The van der Waals surface area contributed by atoms with Gasteiger partial charge in [-0.2, -0.15) is 0 Å². The first-order valence-electron chi connectivity index (χ1n) is 11.9. The zero-order valence-corrected chi connectivity index (χ0v) is 20.2. The Hall–Kier alpha value is -3.93. The average Bonchev–Trinajstić information content (AvgIpc) is 3.00. The van der Waals surface area contributed by atoms with Crippen molar-refractivity contribution in [1.29, 1.82) is 0 Å². The molecule has 3 aromatic rings. The monoisotopic (exact) mass is 467 g/mol. The summed E-state index contributed by atoms with van der Waals surface area (Å²) in [6.07, 6.45) is 1.15. The third-order valence-electron chi connectivity index (χ3n) is 6.99. The zero-order valence-electron chi connectivity index (χ0n) is 20.2. The number of anilines is 2. The topological polar surface area (TPSA) is 84.3 Å². The van der Waals surface area contributed by atoms with E-state index < -0.39 is 11.0 Å². The third kappa shape index (κ3) is 4.44. The van der Waals surface area contributed by atoms with Crippen molar-refractivity contribution in [3.05, 3.63) is 111 Å². The van der Waals surface area contributed by atoms with Crippen LogP contribution in [0.3, 0.4) is 0 Å². The molecule has 1 heterocycles. The Morgan fingerprint density at radius 2 is 1.49 bits per heavy atom. The minimum absolute atomic E-state index is 0.0313. The first-order chi connectivity index (χ1) is 16.7.